The van der Waals surface area contributed by atoms with Gasteiger partial charge in [0.1, 0.15) is 0 Å². The largest absolute Gasteiger partial charge is 0.294 e. The second-order valence-corrected chi connectivity index (χ2v) is 3.60. The number of hydrogen-bond acceptors (Lipinski definition) is 2. The minimum atomic E-state index is 0.229. The van der Waals surface area contributed by atoms with Gasteiger partial charge in [-0.1, -0.05) is 12.5 Å². The molecule has 0 aromatic heterocycles. The summed E-state index contributed by atoms with van der Waals surface area (Å²) in [5.74, 6) is 1.87. The highest BCUT2D eigenvalue weighted by molar-refractivity contribution is 7.99. The van der Waals surface area contributed by atoms with Gasteiger partial charge in [0, 0.05) is 0 Å². The molecule has 0 fully saturated rings. The Kier molecular flexibility index (Phi) is 5.40. The normalized spacial score (nSPS) is 9.10. The van der Waals surface area contributed by atoms with Crippen LogP contribution in [0.15, 0.2) is 11.6 Å². The van der Waals surface area contributed by atoms with Gasteiger partial charge < -0.3 is 0 Å². The first-order chi connectivity index (χ1) is 4.66. The number of carbonyl (C=O) groups excluding carboxylic acids is 1. The summed E-state index contributed by atoms with van der Waals surface area (Å²) in [6, 6.07) is 0. The molecule has 0 aliphatic rings. The van der Waals surface area contributed by atoms with E-state index in [4.69, 9.17) is 0 Å². The summed E-state index contributed by atoms with van der Waals surface area (Å²) in [5, 5.41) is 0. The lowest BCUT2D eigenvalue weighted by Gasteiger charge is -1.92. The van der Waals surface area contributed by atoms with Crippen LogP contribution in [-0.4, -0.2) is 17.3 Å². The van der Waals surface area contributed by atoms with Crippen LogP contribution in [0.5, 0.6) is 0 Å². The Labute approximate surface area is 66.9 Å². The van der Waals surface area contributed by atoms with Crippen molar-refractivity contribution in [3.05, 3.63) is 11.6 Å². The van der Waals surface area contributed by atoms with Crippen molar-refractivity contribution in [2.24, 2.45) is 0 Å². The van der Waals surface area contributed by atoms with Crippen molar-refractivity contribution in [2.45, 2.75) is 20.8 Å². The van der Waals surface area contributed by atoms with Crippen LogP contribution < -0.4 is 0 Å². The minimum Gasteiger partial charge on any atom is -0.294 e. The van der Waals surface area contributed by atoms with Crippen molar-refractivity contribution in [1.82, 2.24) is 0 Å². The summed E-state index contributed by atoms with van der Waals surface area (Å²) in [7, 11) is 0. The van der Waals surface area contributed by atoms with Crippen LogP contribution in [0.1, 0.15) is 20.8 Å². The lowest BCUT2D eigenvalue weighted by molar-refractivity contribution is -0.112. The van der Waals surface area contributed by atoms with Gasteiger partial charge in [-0.05, 0) is 25.7 Å². The predicted octanol–water partition coefficient (Wildman–Crippen LogP) is 2.27. The van der Waals surface area contributed by atoms with E-state index in [0.29, 0.717) is 5.75 Å². The zero-order chi connectivity index (χ0) is 7.98. The van der Waals surface area contributed by atoms with Gasteiger partial charge in [0.15, 0.2) is 5.78 Å². The van der Waals surface area contributed by atoms with Gasteiger partial charge in [-0.15, -0.1) is 0 Å². The molecule has 0 aromatic rings. The van der Waals surface area contributed by atoms with Crippen LogP contribution in [0.3, 0.4) is 0 Å². The Balaban J connectivity index is 3.54. The quantitative estimate of drug-likeness (QED) is 0.584. The van der Waals surface area contributed by atoms with Crippen molar-refractivity contribution in [1.29, 1.82) is 0 Å². The van der Waals surface area contributed by atoms with Crippen LogP contribution in [0, 0.1) is 0 Å². The second kappa shape index (κ2) is 5.54. The Morgan fingerprint density at radius 2 is 2.10 bits per heavy atom. The SMILES string of the molecule is CCSCC(=O)C=C(C)C. The van der Waals surface area contributed by atoms with E-state index in [9.17, 15) is 4.79 Å². The molecule has 0 unspecified atom stereocenters. The predicted molar refractivity (Wildman–Crippen MR) is 47.4 cm³/mol. The Morgan fingerprint density at radius 1 is 1.50 bits per heavy atom. The molecular formula is C8H14OS. The molecule has 58 valence electrons. The third-order valence-corrected chi connectivity index (χ3v) is 1.79. The molecule has 0 heterocycles. The van der Waals surface area contributed by atoms with Gasteiger partial charge in [0.05, 0.1) is 5.75 Å². The summed E-state index contributed by atoms with van der Waals surface area (Å²) >= 11 is 1.66. The van der Waals surface area contributed by atoms with Crippen molar-refractivity contribution in [3.8, 4) is 0 Å². The topological polar surface area (TPSA) is 17.1 Å². The van der Waals surface area contributed by atoms with Gasteiger partial charge >= 0.3 is 0 Å². The molecule has 0 radical (unpaired) electrons. The van der Waals surface area contributed by atoms with E-state index in [-0.39, 0.29) is 5.78 Å². The number of ketones is 1. The summed E-state index contributed by atoms with van der Waals surface area (Å²) in [6.45, 7) is 5.93. The maximum absolute atomic E-state index is 10.9. The van der Waals surface area contributed by atoms with Gasteiger partial charge in [-0.2, -0.15) is 11.8 Å². The number of carbonyl (C=O) groups is 1. The van der Waals surface area contributed by atoms with E-state index in [0.717, 1.165) is 11.3 Å². The molecule has 0 saturated carbocycles. The first-order valence-electron chi connectivity index (χ1n) is 3.42. The summed E-state index contributed by atoms with van der Waals surface area (Å²) in [6.07, 6.45) is 1.70. The number of rotatable bonds is 4. The molecule has 0 spiro atoms. The third-order valence-electron chi connectivity index (χ3n) is 0.898. The maximum Gasteiger partial charge on any atom is 0.165 e. The molecule has 0 aliphatic carbocycles. The van der Waals surface area contributed by atoms with E-state index in [1.807, 2.05) is 13.8 Å². The molecule has 0 atom stereocenters. The standard InChI is InChI=1S/C8H14OS/c1-4-10-6-8(9)5-7(2)3/h5H,4,6H2,1-3H3. The summed E-state index contributed by atoms with van der Waals surface area (Å²) in [4.78, 5) is 10.9. The Morgan fingerprint density at radius 3 is 2.50 bits per heavy atom. The number of thioether (sulfide) groups is 1. The van der Waals surface area contributed by atoms with E-state index in [2.05, 4.69) is 6.92 Å². The molecule has 10 heavy (non-hydrogen) atoms. The molecule has 2 heteroatoms. The summed E-state index contributed by atoms with van der Waals surface area (Å²) in [5.41, 5.74) is 1.08. The molecule has 0 N–H and O–H groups in total. The van der Waals surface area contributed by atoms with Crippen LogP contribution >= 0.6 is 11.8 Å². The monoisotopic (exact) mass is 158 g/mol. The fourth-order valence-corrected chi connectivity index (χ4v) is 1.05. The first-order valence-corrected chi connectivity index (χ1v) is 4.57. The zero-order valence-corrected chi connectivity index (χ0v) is 7.62. The average molecular weight is 158 g/mol. The van der Waals surface area contributed by atoms with E-state index in [1.165, 1.54) is 0 Å². The second-order valence-electron chi connectivity index (χ2n) is 2.33. The average Bonchev–Trinajstić information content (AvgIpc) is 1.82. The fraction of sp³-hybridized carbons (Fsp3) is 0.625. The number of hydrogen-bond donors (Lipinski definition) is 0. The molecule has 0 rings (SSSR count). The zero-order valence-electron chi connectivity index (χ0n) is 6.81. The van der Waals surface area contributed by atoms with Crippen molar-refractivity contribution < 1.29 is 4.79 Å². The van der Waals surface area contributed by atoms with Crippen molar-refractivity contribution in [3.63, 3.8) is 0 Å². The fourth-order valence-electron chi connectivity index (χ4n) is 0.566. The van der Waals surface area contributed by atoms with Crippen LogP contribution in [0.4, 0.5) is 0 Å². The van der Waals surface area contributed by atoms with Crippen LogP contribution in [0.25, 0.3) is 0 Å². The molecule has 0 saturated heterocycles. The van der Waals surface area contributed by atoms with Gasteiger partial charge in [-0.25, -0.2) is 0 Å². The Bertz CT molecular complexity index is 134. The maximum atomic E-state index is 10.9. The van der Waals surface area contributed by atoms with E-state index in [1.54, 1.807) is 17.8 Å². The third kappa shape index (κ3) is 5.89. The van der Waals surface area contributed by atoms with E-state index < -0.39 is 0 Å². The molecular weight excluding hydrogens is 144 g/mol. The smallest absolute Gasteiger partial charge is 0.165 e. The minimum absolute atomic E-state index is 0.229. The molecule has 0 aliphatic heterocycles. The highest BCUT2D eigenvalue weighted by Crippen LogP contribution is 2.00. The Hall–Kier alpha value is -0.240. The van der Waals surface area contributed by atoms with Gasteiger partial charge in [0.25, 0.3) is 0 Å². The molecule has 0 aromatic carbocycles. The first kappa shape index (κ1) is 9.76. The van der Waals surface area contributed by atoms with Gasteiger partial charge in [-0.3, -0.25) is 4.79 Å². The van der Waals surface area contributed by atoms with E-state index >= 15 is 0 Å². The van der Waals surface area contributed by atoms with Crippen LogP contribution in [-0.2, 0) is 4.79 Å². The lowest BCUT2D eigenvalue weighted by atomic mass is 10.3. The highest BCUT2D eigenvalue weighted by Gasteiger charge is 1.94. The van der Waals surface area contributed by atoms with Crippen LogP contribution in [0.2, 0.25) is 0 Å². The van der Waals surface area contributed by atoms with Crippen molar-refractivity contribution >= 4 is 17.5 Å². The molecule has 1 nitrogen and oxygen atoms in total. The summed E-state index contributed by atoms with van der Waals surface area (Å²) < 4.78 is 0. The van der Waals surface area contributed by atoms with Crippen molar-refractivity contribution in [2.75, 3.05) is 11.5 Å². The molecule has 0 amide bonds. The lowest BCUT2D eigenvalue weighted by Crippen LogP contribution is -1.96. The van der Waals surface area contributed by atoms with Gasteiger partial charge in [0.2, 0.25) is 0 Å². The highest BCUT2D eigenvalue weighted by atomic mass is 32.2. The number of allylic oxidation sites excluding steroid dienone is 2. The molecule has 0 bridgehead atoms.